The van der Waals surface area contributed by atoms with E-state index in [0.29, 0.717) is 11.5 Å². The highest BCUT2D eigenvalue weighted by Crippen LogP contribution is 2.36. The number of nitrogens with zero attached hydrogens (tertiary/aromatic N) is 6. The van der Waals surface area contributed by atoms with Gasteiger partial charge in [0.05, 0.1) is 25.8 Å². The summed E-state index contributed by atoms with van der Waals surface area (Å²) in [7, 11) is 3.30. The van der Waals surface area contributed by atoms with E-state index in [1.165, 1.54) is 0 Å². The molecule has 9 heteroatoms. The molecular weight excluding hydrogens is 440 g/mol. The Bertz CT molecular complexity index is 1090. The molecule has 1 fully saturated rings. The van der Waals surface area contributed by atoms with E-state index < -0.39 is 0 Å². The van der Waals surface area contributed by atoms with Crippen LogP contribution in [0.15, 0.2) is 42.5 Å². The van der Waals surface area contributed by atoms with Crippen molar-refractivity contribution in [3.63, 3.8) is 0 Å². The number of anilines is 1. The number of rotatable bonds is 6. The van der Waals surface area contributed by atoms with Gasteiger partial charge in [-0.2, -0.15) is 0 Å². The van der Waals surface area contributed by atoms with Gasteiger partial charge in [-0.25, -0.2) is 4.68 Å². The maximum Gasteiger partial charge on any atom is 0.173 e. The van der Waals surface area contributed by atoms with Gasteiger partial charge in [-0.15, -0.1) is 5.10 Å². The van der Waals surface area contributed by atoms with Crippen molar-refractivity contribution in [3.8, 4) is 11.5 Å². The molecule has 0 bridgehead atoms. The molecule has 0 N–H and O–H groups in total. The SMILES string of the molecule is COc1ccc([C@@H](c2nnnn2C(C)(C)C)N2CCN(c3cccc(Cl)c3)CC2)cc1OC. The maximum absolute atomic E-state index is 6.22. The number of hydrogen-bond donors (Lipinski definition) is 0. The second-order valence-corrected chi connectivity index (χ2v) is 9.58. The number of methoxy groups -OCH3 is 2. The molecule has 1 aliphatic rings. The molecular formula is C24H31ClN6O2. The summed E-state index contributed by atoms with van der Waals surface area (Å²) >= 11 is 6.22. The summed E-state index contributed by atoms with van der Waals surface area (Å²) in [4.78, 5) is 4.79. The predicted octanol–water partition coefficient (Wildman–Crippen LogP) is 4.01. The van der Waals surface area contributed by atoms with E-state index in [-0.39, 0.29) is 11.6 Å². The van der Waals surface area contributed by atoms with Gasteiger partial charge in [0.2, 0.25) is 0 Å². The molecule has 1 saturated heterocycles. The quantitative estimate of drug-likeness (QED) is 0.539. The topological polar surface area (TPSA) is 68.5 Å². The van der Waals surface area contributed by atoms with E-state index >= 15 is 0 Å². The molecule has 0 radical (unpaired) electrons. The highest BCUT2D eigenvalue weighted by atomic mass is 35.5. The minimum Gasteiger partial charge on any atom is -0.493 e. The monoisotopic (exact) mass is 470 g/mol. The fraction of sp³-hybridized carbons (Fsp3) is 0.458. The van der Waals surface area contributed by atoms with E-state index in [0.717, 1.165) is 48.3 Å². The molecule has 8 nitrogen and oxygen atoms in total. The molecule has 176 valence electrons. The normalized spacial score (nSPS) is 16.0. The molecule has 1 aromatic heterocycles. The van der Waals surface area contributed by atoms with Crippen molar-refractivity contribution in [1.82, 2.24) is 25.1 Å². The van der Waals surface area contributed by atoms with Crippen molar-refractivity contribution in [2.45, 2.75) is 32.4 Å². The van der Waals surface area contributed by atoms with Gasteiger partial charge in [0, 0.05) is 36.9 Å². The van der Waals surface area contributed by atoms with Gasteiger partial charge in [0.25, 0.3) is 0 Å². The second-order valence-electron chi connectivity index (χ2n) is 9.14. The molecule has 0 aliphatic carbocycles. The van der Waals surface area contributed by atoms with Gasteiger partial charge in [0.15, 0.2) is 17.3 Å². The van der Waals surface area contributed by atoms with E-state index in [1.54, 1.807) is 14.2 Å². The number of tetrazole rings is 1. The Labute approximate surface area is 200 Å². The zero-order valence-corrected chi connectivity index (χ0v) is 20.6. The van der Waals surface area contributed by atoms with Crippen LogP contribution in [0.2, 0.25) is 5.02 Å². The summed E-state index contributed by atoms with van der Waals surface area (Å²) < 4.78 is 13.0. The van der Waals surface area contributed by atoms with Crippen LogP contribution in [0, 0.1) is 0 Å². The second kappa shape index (κ2) is 9.57. The van der Waals surface area contributed by atoms with Crippen LogP contribution < -0.4 is 14.4 Å². The van der Waals surface area contributed by atoms with Crippen LogP contribution in [0.1, 0.15) is 38.2 Å². The van der Waals surface area contributed by atoms with Crippen molar-refractivity contribution < 1.29 is 9.47 Å². The average molecular weight is 471 g/mol. The first-order valence-corrected chi connectivity index (χ1v) is 11.4. The predicted molar refractivity (Wildman–Crippen MR) is 129 cm³/mol. The highest BCUT2D eigenvalue weighted by molar-refractivity contribution is 6.30. The molecule has 1 atom stereocenters. The zero-order valence-electron chi connectivity index (χ0n) is 19.8. The van der Waals surface area contributed by atoms with Gasteiger partial charge >= 0.3 is 0 Å². The molecule has 1 aliphatic heterocycles. The number of hydrogen-bond acceptors (Lipinski definition) is 7. The summed E-state index contributed by atoms with van der Waals surface area (Å²) in [5, 5.41) is 13.6. The molecule has 3 aromatic rings. The minimum atomic E-state index is -0.254. The standard InChI is InChI=1S/C24H31ClN6O2/c1-24(2,3)31-23(26-27-28-31)22(17-9-10-20(32-4)21(15-17)33-5)30-13-11-29(12-14-30)19-8-6-7-18(25)16-19/h6-10,15-16,22H,11-14H2,1-5H3/t22-/m0/s1. The molecule has 2 aromatic carbocycles. The van der Waals surface area contributed by atoms with Crippen LogP contribution in [0.4, 0.5) is 5.69 Å². The van der Waals surface area contributed by atoms with E-state index in [9.17, 15) is 0 Å². The largest absolute Gasteiger partial charge is 0.493 e. The Morgan fingerprint density at radius 3 is 2.30 bits per heavy atom. The smallest absolute Gasteiger partial charge is 0.173 e. The first-order valence-electron chi connectivity index (χ1n) is 11.1. The third-order valence-corrected chi connectivity index (χ3v) is 6.18. The summed E-state index contributed by atoms with van der Waals surface area (Å²) in [6.07, 6.45) is 0. The Morgan fingerprint density at radius 2 is 1.67 bits per heavy atom. The molecule has 0 spiro atoms. The number of ether oxygens (including phenoxy) is 2. The lowest BCUT2D eigenvalue weighted by Crippen LogP contribution is -2.48. The third kappa shape index (κ3) is 4.91. The lowest BCUT2D eigenvalue weighted by atomic mass is 10.0. The van der Waals surface area contributed by atoms with E-state index in [4.69, 9.17) is 21.1 Å². The summed E-state index contributed by atoms with van der Waals surface area (Å²) in [5.74, 6) is 2.19. The molecule has 0 saturated carbocycles. The summed E-state index contributed by atoms with van der Waals surface area (Å²) in [5.41, 5.74) is 1.95. The fourth-order valence-electron chi connectivity index (χ4n) is 4.30. The van der Waals surface area contributed by atoms with Crippen LogP contribution in [0.25, 0.3) is 0 Å². The summed E-state index contributed by atoms with van der Waals surface area (Å²) in [6.45, 7) is 9.77. The van der Waals surface area contributed by atoms with Gasteiger partial charge in [-0.1, -0.05) is 23.7 Å². The first-order chi connectivity index (χ1) is 15.8. The molecule has 0 amide bonds. The lowest BCUT2D eigenvalue weighted by molar-refractivity contribution is 0.191. The highest BCUT2D eigenvalue weighted by Gasteiger charge is 2.33. The summed E-state index contributed by atoms with van der Waals surface area (Å²) in [6, 6.07) is 13.9. The van der Waals surface area contributed by atoms with Gasteiger partial charge in [0.1, 0.15) is 0 Å². The average Bonchev–Trinajstić information content (AvgIpc) is 3.30. The van der Waals surface area contributed by atoms with Gasteiger partial charge < -0.3 is 14.4 Å². The Balaban J connectivity index is 1.68. The van der Waals surface area contributed by atoms with Crippen molar-refractivity contribution in [1.29, 1.82) is 0 Å². The van der Waals surface area contributed by atoms with Crippen molar-refractivity contribution in [3.05, 3.63) is 58.9 Å². The van der Waals surface area contributed by atoms with Crippen molar-refractivity contribution in [2.24, 2.45) is 0 Å². The fourth-order valence-corrected chi connectivity index (χ4v) is 4.48. The molecule has 33 heavy (non-hydrogen) atoms. The Morgan fingerprint density at radius 1 is 0.939 bits per heavy atom. The number of benzene rings is 2. The van der Waals surface area contributed by atoms with Crippen molar-refractivity contribution in [2.75, 3.05) is 45.3 Å². The van der Waals surface area contributed by atoms with E-state index in [2.05, 4.69) is 58.2 Å². The third-order valence-electron chi connectivity index (χ3n) is 5.95. The van der Waals surface area contributed by atoms with Crippen LogP contribution in [-0.4, -0.2) is 65.5 Å². The first kappa shape index (κ1) is 23.3. The van der Waals surface area contributed by atoms with Crippen molar-refractivity contribution >= 4 is 17.3 Å². The number of aromatic nitrogens is 4. The lowest BCUT2D eigenvalue weighted by Gasteiger charge is -2.40. The number of halogens is 1. The minimum absolute atomic E-state index is 0.124. The molecule has 2 heterocycles. The zero-order chi connectivity index (χ0) is 23.6. The number of piperazine rings is 1. The van der Waals surface area contributed by atoms with Gasteiger partial charge in [-0.05, 0) is 67.1 Å². The van der Waals surface area contributed by atoms with Crippen LogP contribution in [-0.2, 0) is 5.54 Å². The Kier molecular flexibility index (Phi) is 6.76. The molecule has 4 rings (SSSR count). The van der Waals surface area contributed by atoms with E-state index in [1.807, 2.05) is 35.0 Å². The van der Waals surface area contributed by atoms with Crippen LogP contribution >= 0.6 is 11.6 Å². The maximum atomic E-state index is 6.22. The van der Waals surface area contributed by atoms with Crippen LogP contribution in [0.3, 0.4) is 0 Å². The molecule has 0 unspecified atom stereocenters. The van der Waals surface area contributed by atoms with Gasteiger partial charge in [-0.3, -0.25) is 4.90 Å². The Hall–Kier alpha value is -2.84. The van der Waals surface area contributed by atoms with Crippen LogP contribution in [0.5, 0.6) is 11.5 Å².